The maximum absolute atomic E-state index is 4.43. The molecule has 0 amide bonds. The number of anilines is 1. The number of hydrogen-bond acceptors (Lipinski definition) is 4. The van der Waals surface area contributed by atoms with E-state index in [0.29, 0.717) is 6.04 Å². The van der Waals surface area contributed by atoms with Gasteiger partial charge >= 0.3 is 0 Å². The van der Waals surface area contributed by atoms with Gasteiger partial charge in [0.25, 0.3) is 0 Å². The molecule has 5 heteroatoms. The predicted molar refractivity (Wildman–Crippen MR) is 73.9 cm³/mol. The quantitative estimate of drug-likeness (QED) is 0.918. The molecular weight excluding hydrogens is 244 g/mol. The van der Waals surface area contributed by atoms with Crippen molar-refractivity contribution in [1.82, 2.24) is 14.5 Å². The molecule has 2 heterocycles. The summed E-state index contributed by atoms with van der Waals surface area (Å²) >= 11 is 1.70. The highest BCUT2D eigenvalue weighted by Crippen LogP contribution is 2.31. The molecule has 0 spiro atoms. The molecule has 0 saturated heterocycles. The van der Waals surface area contributed by atoms with Crippen LogP contribution < -0.4 is 5.32 Å². The summed E-state index contributed by atoms with van der Waals surface area (Å²) in [5, 5.41) is 3.44. The van der Waals surface area contributed by atoms with Crippen LogP contribution in [0.25, 0.3) is 0 Å². The monoisotopic (exact) mass is 262 g/mol. The first-order valence-corrected chi connectivity index (χ1v) is 7.38. The van der Waals surface area contributed by atoms with Crippen LogP contribution in [-0.4, -0.2) is 14.5 Å². The summed E-state index contributed by atoms with van der Waals surface area (Å²) in [5.41, 5.74) is 3.02. The molecule has 0 aromatic carbocycles. The van der Waals surface area contributed by atoms with Gasteiger partial charge in [-0.1, -0.05) is 12.8 Å². The molecule has 0 unspecified atom stereocenters. The van der Waals surface area contributed by atoms with Crippen molar-refractivity contribution < 1.29 is 0 Å². The van der Waals surface area contributed by atoms with E-state index in [2.05, 4.69) is 33.0 Å². The van der Waals surface area contributed by atoms with E-state index in [1.54, 1.807) is 11.3 Å². The van der Waals surface area contributed by atoms with Crippen molar-refractivity contribution in [2.45, 2.75) is 45.2 Å². The normalized spacial score (nSPS) is 16.3. The Hall–Kier alpha value is -1.36. The summed E-state index contributed by atoms with van der Waals surface area (Å²) in [6.45, 7) is 2.87. The van der Waals surface area contributed by atoms with Gasteiger partial charge in [-0.05, 0) is 19.8 Å². The largest absolute Gasteiger partial charge is 0.351 e. The molecule has 18 heavy (non-hydrogen) atoms. The third-order valence-electron chi connectivity index (χ3n) is 3.64. The number of thiazole rings is 1. The molecule has 4 nitrogen and oxygen atoms in total. The summed E-state index contributed by atoms with van der Waals surface area (Å²) in [5.74, 6) is 0.995. The van der Waals surface area contributed by atoms with Crippen LogP contribution in [0.5, 0.6) is 0 Å². The smallest absolute Gasteiger partial charge is 0.203 e. The number of rotatable bonds is 4. The maximum atomic E-state index is 4.43. The second-order valence-electron chi connectivity index (χ2n) is 4.81. The lowest BCUT2D eigenvalue weighted by Crippen LogP contribution is -2.10. The molecule has 0 atom stereocenters. The van der Waals surface area contributed by atoms with Crippen molar-refractivity contribution in [3.05, 3.63) is 28.5 Å². The minimum absolute atomic E-state index is 0.637. The lowest BCUT2D eigenvalue weighted by molar-refractivity contribution is 0.523. The van der Waals surface area contributed by atoms with Gasteiger partial charge in [-0.2, -0.15) is 0 Å². The zero-order chi connectivity index (χ0) is 12.4. The highest BCUT2D eigenvalue weighted by molar-refractivity contribution is 7.09. The molecule has 96 valence electrons. The van der Waals surface area contributed by atoms with E-state index in [9.17, 15) is 0 Å². The first kappa shape index (κ1) is 11.7. The molecule has 0 bridgehead atoms. The Morgan fingerprint density at radius 3 is 2.94 bits per heavy atom. The van der Waals surface area contributed by atoms with E-state index >= 15 is 0 Å². The van der Waals surface area contributed by atoms with E-state index in [4.69, 9.17) is 0 Å². The standard InChI is InChI=1S/C13H18N4S/c1-10-12(18-9-16-10)8-15-13-14-6-7-17(13)11-4-2-3-5-11/h6-7,9,11H,2-5,8H2,1H3,(H,14,15). The van der Waals surface area contributed by atoms with Gasteiger partial charge in [-0.3, -0.25) is 0 Å². The molecule has 1 N–H and O–H groups in total. The SMILES string of the molecule is Cc1ncsc1CNc1nccn1C1CCCC1. The average Bonchev–Trinajstić information content (AvgIpc) is 3.07. The number of nitrogens with zero attached hydrogens (tertiary/aromatic N) is 3. The van der Waals surface area contributed by atoms with Gasteiger partial charge in [0.1, 0.15) is 0 Å². The fourth-order valence-corrected chi connectivity index (χ4v) is 3.30. The van der Waals surface area contributed by atoms with E-state index in [1.807, 2.05) is 11.7 Å². The van der Waals surface area contributed by atoms with Crippen molar-refractivity contribution in [3.63, 3.8) is 0 Å². The lowest BCUT2D eigenvalue weighted by atomic mass is 10.2. The van der Waals surface area contributed by atoms with Gasteiger partial charge in [-0.15, -0.1) is 11.3 Å². The average molecular weight is 262 g/mol. The minimum atomic E-state index is 0.637. The third kappa shape index (κ3) is 2.27. The van der Waals surface area contributed by atoms with Gasteiger partial charge in [0.15, 0.2) is 0 Å². The molecule has 1 saturated carbocycles. The van der Waals surface area contributed by atoms with Crippen molar-refractivity contribution in [2.75, 3.05) is 5.32 Å². The van der Waals surface area contributed by atoms with Gasteiger partial charge < -0.3 is 9.88 Å². The predicted octanol–water partition coefficient (Wildman–Crippen LogP) is 3.38. The summed E-state index contributed by atoms with van der Waals surface area (Å²) in [4.78, 5) is 9.98. The number of hydrogen-bond donors (Lipinski definition) is 1. The maximum Gasteiger partial charge on any atom is 0.203 e. The van der Waals surface area contributed by atoms with Crippen molar-refractivity contribution >= 4 is 17.3 Å². The summed E-state index contributed by atoms with van der Waals surface area (Å²) < 4.78 is 2.30. The van der Waals surface area contributed by atoms with Gasteiger partial charge in [0.2, 0.25) is 5.95 Å². The second-order valence-corrected chi connectivity index (χ2v) is 5.75. The Morgan fingerprint density at radius 1 is 1.39 bits per heavy atom. The Bertz CT molecular complexity index is 511. The molecule has 3 rings (SSSR count). The third-order valence-corrected chi connectivity index (χ3v) is 4.57. The van der Waals surface area contributed by atoms with Gasteiger partial charge in [0.05, 0.1) is 17.7 Å². The highest BCUT2D eigenvalue weighted by Gasteiger charge is 2.19. The highest BCUT2D eigenvalue weighted by atomic mass is 32.1. The molecule has 0 aliphatic heterocycles. The van der Waals surface area contributed by atoms with Crippen molar-refractivity contribution in [3.8, 4) is 0 Å². The molecular formula is C13H18N4S. The number of aryl methyl sites for hydroxylation is 1. The van der Waals surface area contributed by atoms with Crippen LogP contribution >= 0.6 is 11.3 Å². The summed E-state index contributed by atoms with van der Waals surface area (Å²) in [6, 6.07) is 0.637. The number of nitrogens with one attached hydrogen (secondary N) is 1. The van der Waals surface area contributed by atoms with Crippen LogP contribution in [0.3, 0.4) is 0 Å². The van der Waals surface area contributed by atoms with Gasteiger partial charge in [-0.25, -0.2) is 9.97 Å². The zero-order valence-electron chi connectivity index (χ0n) is 10.6. The van der Waals surface area contributed by atoms with Crippen LogP contribution in [-0.2, 0) is 6.54 Å². The van der Waals surface area contributed by atoms with Crippen LogP contribution in [0, 0.1) is 6.92 Å². The Kier molecular flexibility index (Phi) is 3.32. The Balaban J connectivity index is 1.69. The topological polar surface area (TPSA) is 42.7 Å². The van der Waals surface area contributed by atoms with Gasteiger partial charge in [0, 0.05) is 23.3 Å². The van der Waals surface area contributed by atoms with E-state index < -0.39 is 0 Å². The van der Waals surface area contributed by atoms with Crippen molar-refractivity contribution in [1.29, 1.82) is 0 Å². The zero-order valence-corrected chi connectivity index (χ0v) is 11.4. The molecule has 1 aliphatic rings. The molecule has 1 aliphatic carbocycles. The van der Waals surface area contributed by atoms with E-state index in [0.717, 1.165) is 18.2 Å². The molecule has 2 aromatic heterocycles. The second kappa shape index (κ2) is 5.10. The van der Waals surface area contributed by atoms with Crippen LogP contribution in [0.1, 0.15) is 42.3 Å². The fraction of sp³-hybridized carbons (Fsp3) is 0.538. The van der Waals surface area contributed by atoms with Crippen LogP contribution in [0.4, 0.5) is 5.95 Å². The first-order chi connectivity index (χ1) is 8.84. The Labute approximate surface area is 111 Å². The minimum Gasteiger partial charge on any atom is -0.351 e. The molecule has 0 radical (unpaired) electrons. The first-order valence-electron chi connectivity index (χ1n) is 6.50. The number of aromatic nitrogens is 3. The number of imidazole rings is 1. The lowest BCUT2D eigenvalue weighted by Gasteiger charge is -2.15. The van der Waals surface area contributed by atoms with E-state index in [1.165, 1.54) is 30.6 Å². The fourth-order valence-electron chi connectivity index (χ4n) is 2.58. The molecule has 1 fully saturated rings. The van der Waals surface area contributed by atoms with Crippen LogP contribution in [0.15, 0.2) is 17.9 Å². The Morgan fingerprint density at radius 2 is 2.22 bits per heavy atom. The van der Waals surface area contributed by atoms with E-state index in [-0.39, 0.29) is 0 Å². The molecule has 2 aromatic rings. The van der Waals surface area contributed by atoms with Crippen molar-refractivity contribution in [2.24, 2.45) is 0 Å². The summed E-state index contributed by atoms with van der Waals surface area (Å²) in [6.07, 6.45) is 9.24. The summed E-state index contributed by atoms with van der Waals surface area (Å²) in [7, 11) is 0. The van der Waals surface area contributed by atoms with Crippen LogP contribution in [0.2, 0.25) is 0 Å².